The number of amides is 1. The molecule has 1 fully saturated rings. The molecule has 2 aliphatic heterocycles. The Hall–Kier alpha value is -1.73. The molecule has 2 aliphatic rings. The normalized spacial score (nSPS) is 19.0. The fourth-order valence-electron chi connectivity index (χ4n) is 3.87. The van der Waals surface area contributed by atoms with E-state index in [-0.39, 0.29) is 5.91 Å². The van der Waals surface area contributed by atoms with Crippen molar-refractivity contribution >= 4 is 17.2 Å². The highest BCUT2D eigenvalue weighted by Gasteiger charge is 2.29. The second-order valence-electron chi connectivity index (χ2n) is 7.28. The van der Waals surface area contributed by atoms with Crippen molar-refractivity contribution < 1.29 is 13.7 Å². The summed E-state index contributed by atoms with van der Waals surface area (Å²) < 4.78 is 18.6. The van der Waals surface area contributed by atoms with E-state index in [4.69, 9.17) is 4.52 Å². The van der Waals surface area contributed by atoms with Crippen molar-refractivity contribution in [2.45, 2.75) is 52.4 Å². The minimum absolute atomic E-state index is 0.0774. The second-order valence-corrected chi connectivity index (χ2v) is 8.25. The monoisotopic (exact) mass is 377 g/mol. The lowest BCUT2D eigenvalue weighted by molar-refractivity contribution is 0.0665. The molecule has 0 saturated carbocycles. The van der Waals surface area contributed by atoms with Gasteiger partial charge in [0.15, 0.2) is 0 Å². The number of fused-ring (bicyclic) bond motifs is 1. The standard InChI is InChI=1S/C19H24FN3O2S/c1-12-16(13(2)25-21-12)9-22-6-5-15-17(11-26-18(15)10-22)19(24)23-7-3-14(20)4-8-23/h11,14H,3-10H2,1-2H3. The second kappa shape index (κ2) is 7.12. The van der Waals surface area contributed by atoms with E-state index in [1.807, 2.05) is 24.1 Å². The Kier molecular flexibility index (Phi) is 4.84. The van der Waals surface area contributed by atoms with Gasteiger partial charge in [0.2, 0.25) is 0 Å². The van der Waals surface area contributed by atoms with Gasteiger partial charge in [0.25, 0.3) is 5.91 Å². The van der Waals surface area contributed by atoms with Gasteiger partial charge in [0.1, 0.15) is 11.9 Å². The van der Waals surface area contributed by atoms with E-state index in [2.05, 4.69) is 10.1 Å². The Morgan fingerprint density at radius 3 is 2.81 bits per heavy atom. The maximum absolute atomic E-state index is 13.3. The molecule has 5 nitrogen and oxygen atoms in total. The van der Waals surface area contributed by atoms with Crippen LogP contribution in [0.3, 0.4) is 0 Å². The predicted molar refractivity (Wildman–Crippen MR) is 98.1 cm³/mol. The molecular formula is C19H24FN3O2S. The van der Waals surface area contributed by atoms with E-state index in [0.29, 0.717) is 25.9 Å². The topological polar surface area (TPSA) is 49.6 Å². The van der Waals surface area contributed by atoms with Crippen molar-refractivity contribution in [3.05, 3.63) is 38.4 Å². The van der Waals surface area contributed by atoms with E-state index >= 15 is 0 Å². The Balaban J connectivity index is 1.46. The summed E-state index contributed by atoms with van der Waals surface area (Å²) in [6, 6.07) is 0. The quantitative estimate of drug-likeness (QED) is 0.822. The summed E-state index contributed by atoms with van der Waals surface area (Å²) in [6.45, 7) is 7.58. The fraction of sp³-hybridized carbons (Fsp3) is 0.579. The third kappa shape index (κ3) is 3.30. The average molecular weight is 377 g/mol. The van der Waals surface area contributed by atoms with Crippen LogP contribution in [-0.4, -0.2) is 46.7 Å². The van der Waals surface area contributed by atoms with Crippen molar-refractivity contribution in [2.24, 2.45) is 0 Å². The number of piperidine rings is 1. The molecule has 4 heterocycles. The summed E-state index contributed by atoms with van der Waals surface area (Å²) in [5.41, 5.74) is 4.14. The molecule has 2 aromatic rings. The number of nitrogens with zero attached hydrogens (tertiary/aromatic N) is 3. The summed E-state index contributed by atoms with van der Waals surface area (Å²) in [7, 11) is 0. The zero-order valence-corrected chi connectivity index (χ0v) is 16.1. The van der Waals surface area contributed by atoms with Crippen molar-refractivity contribution in [1.29, 1.82) is 0 Å². The molecule has 0 spiro atoms. The first-order valence-corrected chi connectivity index (χ1v) is 10.1. The molecule has 26 heavy (non-hydrogen) atoms. The van der Waals surface area contributed by atoms with Crippen molar-refractivity contribution in [2.75, 3.05) is 19.6 Å². The number of aryl methyl sites for hydroxylation is 2. The summed E-state index contributed by atoms with van der Waals surface area (Å²) in [4.78, 5) is 18.3. The summed E-state index contributed by atoms with van der Waals surface area (Å²) >= 11 is 1.67. The third-order valence-corrected chi connectivity index (χ3v) is 6.54. The Labute approximate surface area is 156 Å². The van der Waals surface area contributed by atoms with Crippen LogP contribution in [-0.2, 0) is 19.5 Å². The van der Waals surface area contributed by atoms with E-state index < -0.39 is 6.17 Å². The number of alkyl halides is 1. The Morgan fingerprint density at radius 1 is 1.35 bits per heavy atom. The molecule has 0 unspecified atom stereocenters. The highest BCUT2D eigenvalue weighted by atomic mass is 32.1. The molecule has 1 saturated heterocycles. The zero-order chi connectivity index (χ0) is 18.3. The van der Waals surface area contributed by atoms with Crippen LogP contribution in [0.15, 0.2) is 9.90 Å². The van der Waals surface area contributed by atoms with E-state index in [9.17, 15) is 9.18 Å². The molecule has 7 heteroatoms. The summed E-state index contributed by atoms with van der Waals surface area (Å²) in [5, 5.41) is 6.03. The van der Waals surface area contributed by atoms with Crippen molar-refractivity contribution in [3.8, 4) is 0 Å². The maximum atomic E-state index is 13.3. The average Bonchev–Trinajstić information content (AvgIpc) is 3.20. The van der Waals surface area contributed by atoms with E-state index in [1.54, 1.807) is 11.3 Å². The van der Waals surface area contributed by atoms with Crippen LogP contribution < -0.4 is 0 Å². The van der Waals surface area contributed by atoms with Crippen LogP contribution in [0.2, 0.25) is 0 Å². The maximum Gasteiger partial charge on any atom is 0.254 e. The highest BCUT2D eigenvalue weighted by Crippen LogP contribution is 2.31. The molecule has 2 aromatic heterocycles. The molecule has 0 bridgehead atoms. The molecule has 1 amide bonds. The summed E-state index contributed by atoms with van der Waals surface area (Å²) in [6.07, 6.45) is 1.04. The van der Waals surface area contributed by atoms with Gasteiger partial charge in [0, 0.05) is 48.5 Å². The first-order chi connectivity index (χ1) is 12.5. The Bertz CT molecular complexity index is 788. The van der Waals surface area contributed by atoms with Gasteiger partial charge < -0.3 is 9.42 Å². The Morgan fingerprint density at radius 2 is 2.12 bits per heavy atom. The van der Waals surface area contributed by atoms with Gasteiger partial charge in [0.05, 0.1) is 11.3 Å². The molecule has 0 aromatic carbocycles. The van der Waals surface area contributed by atoms with Crippen molar-refractivity contribution in [1.82, 2.24) is 15.0 Å². The van der Waals surface area contributed by atoms with Crippen LogP contribution in [0.4, 0.5) is 4.39 Å². The lowest BCUT2D eigenvalue weighted by Crippen LogP contribution is -2.39. The van der Waals surface area contributed by atoms with E-state index in [0.717, 1.165) is 48.6 Å². The van der Waals surface area contributed by atoms with Crippen LogP contribution in [0, 0.1) is 13.8 Å². The first-order valence-electron chi connectivity index (χ1n) is 9.19. The minimum Gasteiger partial charge on any atom is -0.361 e. The number of thiophene rings is 1. The minimum atomic E-state index is -0.756. The molecule has 4 rings (SSSR count). The molecule has 0 radical (unpaired) electrons. The number of hydrogen-bond donors (Lipinski definition) is 0. The molecule has 0 atom stereocenters. The highest BCUT2D eigenvalue weighted by molar-refractivity contribution is 7.10. The van der Waals surface area contributed by atoms with Gasteiger partial charge in [-0.2, -0.15) is 0 Å². The predicted octanol–water partition coefficient (Wildman–Crippen LogP) is 3.49. The third-order valence-electron chi connectivity index (χ3n) is 5.53. The van der Waals surface area contributed by atoms with Gasteiger partial charge in [-0.15, -0.1) is 11.3 Å². The van der Waals surface area contributed by atoms with Gasteiger partial charge in [-0.1, -0.05) is 5.16 Å². The molecule has 140 valence electrons. The first kappa shape index (κ1) is 17.7. The van der Waals surface area contributed by atoms with Crippen LogP contribution in [0.25, 0.3) is 0 Å². The van der Waals surface area contributed by atoms with E-state index in [1.165, 1.54) is 10.4 Å². The fourth-order valence-corrected chi connectivity index (χ4v) is 4.98. The van der Waals surface area contributed by atoms with Gasteiger partial charge in [-0.05, 0) is 38.7 Å². The van der Waals surface area contributed by atoms with Crippen LogP contribution in [0.5, 0.6) is 0 Å². The smallest absolute Gasteiger partial charge is 0.254 e. The number of likely N-dealkylation sites (tertiary alicyclic amines) is 1. The van der Waals surface area contributed by atoms with Gasteiger partial charge >= 0.3 is 0 Å². The lowest BCUT2D eigenvalue weighted by Gasteiger charge is -2.30. The van der Waals surface area contributed by atoms with Crippen molar-refractivity contribution in [3.63, 3.8) is 0 Å². The number of carbonyl (C=O) groups is 1. The zero-order valence-electron chi connectivity index (χ0n) is 15.3. The van der Waals surface area contributed by atoms with Gasteiger partial charge in [-0.3, -0.25) is 9.69 Å². The largest absolute Gasteiger partial charge is 0.361 e. The molecule has 0 aliphatic carbocycles. The lowest BCUT2D eigenvalue weighted by atomic mass is 10.0. The number of aromatic nitrogens is 1. The number of carbonyl (C=O) groups excluding carboxylic acids is 1. The summed E-state index contributed by atoms with van der Waals surface area (Å²) in [5.74, 6) is 0.959. The van der Waals surface area contributed by atoms with Crippen LogP contribution >= 0.6 is 11.3 Å². The van der Waals surface area contributed by atoms with Crippen LogP contribution in [0.1, 0.15) is 50.7 Å². The molecule has 0 N–H and O–H groups in total. The number of hydrogen-bond acceptors (Lipinski definition) is 5. The number of rotatable bonds is 3. The van der Waals surface area contributed by atoms with Gasteiger partial charge in [-0.25, -0.2) is 4.39 Å². The SMILES string of the molecule is Cc1noc(C)c1CN1CCc2c(C(=O)N3CCC(F)CC3)csc2C1. The molecular weight excluding hydrogens is 353 g/mol. The number of halogens is 1.